The first-order chi connectivity index (χ1) is 10.0. The molecular weight excluding hydrogens is 270 g/mol. The van der Waals surface area contributed by atoms with Crippen molar-refractivity contribution in [2.45, 2.75) is 58.2 Å². The molecule has 21 heavy (non-hydrogen) atoms. The first kappa shape index (κ1) is 16.4. The second kappa shape index (κ2) is 6.84. The van der Waals surface area contributed by atoms with Crippen LogP contribution in [0.5, 0.6) is 0 Å². The van der Waals surface area contributed by atoms with Gasteiger partial charge in [-0.15, -0.1) is 0 Å². The van der Waals surface area contributed by atoms with Gasteiger partial charge in [0.25, 0.3) is 0 Å². The van der Waals surface area contributed by atoms with Gasteiger partial charge in [-0.05, 0) is 25.3 Å². The third-order valence-electron chi connectivity index (χ3n) is 4.95. The summed E-state index contributed by atoms with van der Waals surface area (Å²) in [4.78, 5) is 2.35. The van der Waals surface area contributed by atoms with Crippen molar-refractivity contribution in [2.24, 2.45) is 0 Å². The molecular formula is C17H26F2N2. The predicted octanol–water partition coefficient (Wildman–Crippen LogP) is 3.71. The summed E-state index contributed by atoms with van der Waals surface area (Å²) < 4.78 is 26.9. The maximum Gasteiger partial charge on any atom is 0.130 e. The molecule has 0 aliphatic carbocycles. The normalized spacial score (nSPS) is 22.4. The van der Waals surface area contributed by atoms with Crippen LogP contribution in [0.2, 0.25) is 0 Å². The van der Waals surface area contributed by atoms with E-state index in [4.69, 9.17) is 0 Å². The van der Waals surface area contributed by atoms with Crippen molar-refractivity contribution >= 4 is 0 Å². The lowest BCUT2D eigenvalue weighted by Crippen LogP contribution is -2.63. The molecule has 0 spiro atoms. The number of nitrogens with zero attached hydrogens (tertiary/aromatic N) is 1. The fourth-order valence-corrected chi connectivity index (χ4v) is 3.22. The number of nitrogens with one attached hydrogen (secondary N) is 1. The topological polar surface area (TPSA) is 15.3 Å². The monoisotopic (exact) mass is 296 g/mol. The van der Waals surface area contributed by atoms with Crippen molar-refractivity contribution in [3.63, 3.8) is 0 Å². The van der Waals surface area contributed by atoms with Crippen molar-refractivity contribution in [1.82, 2.24) is 10.2 Å². The van der Waals surface area contributed by atoms with Crippen LogP contribution in [0.1, 0.15) is 45.6 Å². The van der Waals surface area contributed by atoms with Crippen molar-refractivity contribution in [2.75, 3.05) is 13.1 Å². The van der Waals surface area contributed by atoms with Gasteiger partial charge in [0.1, 0.15) is 11.6 Å². The molecule has 1 N–H and O–H groups in total. The highest BCUT2D eigenvalue weighted by Crippen LogP contribution is 2.26. The zero-order chi connectivity index (χ0) is 15.5. The first-order valence-corrected chi connectivity index (χ1v) is 7.96. The summed E-state index contributed by atoms with van der Waals surface area (Å²) in [6.07, 6.45) is 3.14. The van der Waals surface area contributed by atoms with E-state index in [0.717, 1.165) is 38.4 Å². The Morgan fingerprint density at radius 1 is 1.24 bits per heavy atom. The summed E-state index contributed by atoms with van der Waals surface area (Å²) in [5.74, 6) is -0.956. The highest BCUT2D eigenvalue weighted by molar-refractivity contribution is 5.19. The van der Waals surface area contributed by atoms with Crippen LogP contribution < -0.4 is 5.32 Å². The van der Waals surface area contributed by atoms with E-state index in [1.807, 2.05) is 0 Å². The second-order valence-electron chi connectivity index (χ2n) is 6.07. The quantitative estimate of drug-likeness (QED) is 0.891. The number of rotatable bonds is 5. The average molecular weight is 296 g/mol. The molecule has 1 aliphatic heterocycles. The number of hydrogen-bond donors (Lipinski definition) is 1. The second-order valence-corrected chi connectivity index (χ2v) is 6.07. The molecule has 0 bridgehead atoms. The lowest BCUT2D eigenvalue weighted by atomic mass is 9.88. The number of halogens is 2. The summed E-state index contributed by atoms with van der Waals surface area (Å²) in [7, 11) is 0. The fraction of sp³-hybridized carbons (Fsp3) is 0.647. The first-order valence-electron chi connectivity index (χ1n) is 7.96. The lowest BCUT2D eigenvalue weighted by Gasteiger charge is -2.47. The van der Waals surface area contributed by atoms with Gasteiger partial charge in [0.2, 0.25) is 0 Å². The highest BCUT2D eigenvalue weighted by atomic mass is 19.1. The maximum atomic E-state index is 13.9. The summed E-state index contributed by atoms with van der Waals surface area (Å²) in [6, 6.07) is 4.29. The van der Waals surface area contributed by atoms with Crippen LogP contribution in [0, 0.1) is 11.6 Å². The van der Waals surface area contributed by atoms with E-state index in [0.29, 0.717) is 18.2 Å². The van der Waals surface area contributed by atoms with Gasteiger partial charge in [-0.3, -0.25) is 4.90 Å². The Kier molecular flexibility index (Phi) is 5.33. The summed E-state index contributed by atoms with van der Waals surface area (Å²) in [5, 5.41) is 3.68. The Hall–Kier alpha value is -1.00. The molecule has 1 aromatic carbocycles. The summed E-state index contributed by atoms with van der Waals surface area (Å²) >= 11 is 0. The number of hydrogen-bond acceptors (Lipinski definition) is 2. The van der Waals surface area contributed by atoms with Gasteiger partial charge in [0.15, 0.2) is 0 Å². The lowest BCUT2D eigenvalue weighted by molar-refractivity contribution is 0.0634. The van der Waals surface area contributed by atoms with Crippen LogP contribution in [0.25, 0.3) is 0 Å². The summed E-state index contributed by atoms with van der Waals surface area (Å²) in [5.41, 5.74) is 0.695. The predicted molar refractivity (Wildman–Crippen MR) is 82.2 cm³/mol. The molecule has 0 amide bonds. The molecule has 1 aromatic rings. The van der Waals surface area contributed by atoms with E-state index in [1.165, 1.54) is 6.07 Å². The van der Waals surface area contributed by atoms with Gasteiger partial charge in [-0.2, -0.15) is 0 Å². The SMILES string of the molecule is CCC1CNC(CC)(CC)CN1Cc1ccc(F)cc1F. The van der Waals surface area contributed by atoms with Crippen molar-refractivity contribution in [1.29, 1.82) is 0 Å². The van der Waals surface area contributed by atoms with Gasteiger partial charge >= 0.3 is 0 Å². The van der Waals surface area contributed by atoms with E-state index in [9.17, 15) is 8.78 Å². The van der Waals surface area contributed by atoms with Gasteiger partial charge in [-0.1, -0.05) is 26.8 Å². The number of piperazine rings is 1. The van der Waals surface area contributed by atoms with E-state index >= 15 is 0 Å². The van der Waals surface area contributed by atoms with Crippen LogP contribution in [-0.4, -0.2) is 29.6 Å². The molecule has 1 aliphatic rings. The molecule has 118 valence electrons. The highest BCUT2D eigenvalue weighted by Gasteiger charge is 2.36. The zero-order valence-electron chi connectivity index (χ0n) is 13.3. The summed E-state index contributed by atoms with van der Waals surface area (Å²) in [6.45, 7) is 8.94. The van der Waals surface area contributed by atoms with Gasteiger partial charge in [0, 0.05) is 42.8 Å². The maximum absolute atomic E-state index is 13.9. The zero-order valence-corrected chi connectivity index (χ0v) is 13.3. The smallest absolute Gasteiger partial charge is 0.130 e. The molecule has 4 heteroatoms. The number of benzene rings is 1. The molecule has 0 radical (unpaired) electrons. The molecule has 1 saturated heterocycles. The Morgan fingerprint density at radius 2 is 1.95 bits per heavy atom. The van der Waals surface area contributed by atoms with E-state index < -0.39 is 11.6 Å². The van der Waals surface area contributed by atoms with Gasteiger partial charge < -0.3 is 5.32 Å². The van der Waals surface area contributed by atoms with E-state index in [2.05, 4.69) is 31.0 Å². The van der Waals surface area contributed by atoms with E-state index in [1.54, 1.807) is 6.07 Å². The molecule has 1 heterocycles. The molecule has 0 aromatic heterocycles. The molecule has 1 unspecified atom stereocenters. The van der Waals surface area contributed by atoms with Crippen LogP contribution >= 0.6 is 0 Å². The standard InChI is InChI=1S/C17H26F2N2/c1-4-15-10-20-17(5-2,6-3)12-21(15)11-13-7-8-14(18)9-16(13)19/h7-9,15,20H,4-6,10-12H2,1-3H3. The molecule has 2 rings (SSSR count). The van der Waals surface area contributed by atoms with Crippen molar-refractivity contribution in [3.05, 3.63) is 35.4 Å². The Bertz CT molecular complexity index is 472. The van der Waals surface area contributed by atoms with Gasteiger partial charge in [-0.25, -0.2) is 8.78 Å². The third kappa shape index (κ3) is 3.61. The Labute approximate surface area is 126 Å². The largest absolute Gasteiger partial charge is 0.308 e. The minimum Gasteiger partial charge on any atom is -0.308 e. The molecule has 0 saturated carbocycles. The minimum atomic E-state index is -0.514. The molecule has 1 fully saturated rings. The average Bonchev–Trinajstić information content (AvgIpc) is 2.50. The van der Waals surface area contributed by atoms with Crippen LogP contribution in [0.3, 0.4) is 0 Å². The van der Waals surface area contributed by atoms with Crippen molar-refractivity contribution in [3.8, 4) is 0 Å². The third-order valence-corrected chi connectivity index (χ3v) is 4.95. The Morgan fingerprint density at radius 3 is 2.52 bits per heavy atom. The van der Waals surface area contributed by atoms with Crippen LogP contribution in [0.15, 0.2) is 18.2 Å². The molecule has 2 nitrogen and oxygen atoms in total. The van der Waals surface area contributed by atoms with Crippen LogP contribution in [0.4, 0.5) is 8.78 Å². The van der Waals surface area contributed by atoms with Crippen molar-refractivity contribution < 1.29 is 8.78 Å². The van der Waals surface area contributed by atoms with E-state index in [-0.39, 0.29) is 5.54 Å². The van der Waals surface area contributed by atoms with Crippen LogP contribution in [-0.2, 0) is 6.54 Å². The molecule has 1 atom stereocenters. The van der Waals surface area contributed by atoms with Gasteiger partial charge in [0.05, 0.1) is 0 Å². The fourth-order valence-electron chi connectivity index (χ4n) is 3.22. The Balaban J connectivity index is 2.17. The minimum absolute atomic E-state index is 0.113.